The van der Waals surface area contributed by atoms with E-state index in [4.69, 9.17) is 4.74 Å². The molecule has 2 aliphatic rings. The number of carbonyl (C=O) groups excluding carboxylic acids is 2. The summed E-state index contributed by atoms with van der Waals surface area (Å²) in [5.41, 5.74) is 2.95. The van der Waals surface area contributed by atoms with E-state index in [0.717, 1.165) is 36.2 Å². The van der Waals surface area contributed by atoms with Crippen LogP contribution in [-0.4, -0.2) is 45.5 Å². The maximum absolute atomic E-state index is 13.4. The van der Waals surface area contributed by atoms with Gasteiger partial charge < -0.3 is 14.2 Å². The molecular formula is C24H33N3O3. The van der Waals surface area contributed by atoms with Gasteiger partial charge in [-0.25, -0.2) is 4.98 Å². The molecule has 1 saturated heterocycles. The van der Waals surface area contributed by atoms with Gasteiger partial charge >= 0.3 is 5.97 Å². The molecule has 1 aromatic carbocycles. The molecule has 2 aromatic rings. The van der Waals surface area contributed by atoms with Gasteiger partial charge in [-0.05, 0) is 62.1 Å². The molecule has 1 aromatic heterocycles. The standard InChI is InChI=1S/C24H33N3O3/c1-6-30-21(28)9-10-26-16(2)25-19-11-17(7-8-20(19)26)22(29)27-15-24(5)13-18(27)12-23(3,4)14-24/h7-8,11,18H,6,9-10,12-15H2,1-5H3. The molecule has 1 amide bonds. The Morgan fingerprint density at radius 3 is 2.73 bits per heavy atom. The van der Waals surface area contributed by atoms with Gasteiger partial charge in [-0.15, -0.1) is 0 Å². The fourth-order valence-electron chi connectivity index (χ4n) is 5.96. The van der Waals surface area contributed by atoms with Crippen molar-refractivity contribution in [3.05, 3.63) is 29.6 Å². The molecule has 30 heavy (non-hydrogen) atoms. The summed E-state index contributed by atoms with van der Waals surface area (Å²) < 4.78 is 7.05. The van der Waals surface area contributed by atoms with Crippen LogP contribution in [0.2, 0.25) is 0 Å². The SMILES string of the molecule is CCOC(=O)CCn1c(C)nc2cc(C(=O)N3CC4(C)CC3CC(C)(C)C4)ccc21. The average Bonchev–Trinajstić information content (AvgIpc) is 3.10. The number of carbonyl (C=O) groups is 2. The smallest absolute Gasteiger partial charge is 0.307 e. The van der Waals surface area contributed by atoms with Crippen LogP contribution in [0.1, 0.15) is 69.6 Å². The topological polar surface area (TPSA) is 64.4 Å². The molecule has 6 nitrogen and oxygen atoms in total. The molecule has 1 aliphatic heterocycles. The molecule has 1 saturated carbocycles. The fraction of sp³-hybridized carbons (Fsp3) is 0.625. The van der Waals surface area contributed by atoms with Crippen molar-refractivity contribution in [2.75, 3.05) is 13.2 Å². The van der Waals surface area contributed by atoms with Gasteiger partial charge in [0.2, 0.25) is 0 Å². The maximum Gasteiger partial charge on any atom is 0.307 e. The number of benzene rings is 1. The number of hydrogen-bond acceptors (Lipinski definition) is 4. The first-order valence-corrected chi connectivity index (χ1v) is 11.0. The largest absolute Gasteiger partial charge is 0.466 e. The summed E-state index contributed by atoms with van der Waals surface area (Å²) in [5.74, 6) is 0.745. The average molecular weight is 412 g/mol. The van der Waals surface area contributed by atoms with E-state index < -0.39 is 0 Å². The first kappa shape index (κ1) is 20.9. The lowest BCUT2D eigenvalue weighted by atomic mass is 9.65. The van der Waals surface area contributed by atoms with Crippen molar-refractivity contribution in [1.82, 2.24) is 14.5 Å². The van der Waals surface area contributed by atoms with Gasteiger partial charge in [0, 0.05) is 24.7 Å². The highest BCUT2D eigenvalue weighted by Crippen LogP contribution is 2.52. The summed E-state index contributed by atoms with van der Waals surface area (Å²) in [6, 6.07) is 6.09. The van der Waals surface area contributed by atoms with Gasteiger partial charge in [0.15, 0.2) is 0 Å². The monoisotopic (exact) mass is 411 g/mol. The van der Waals surface area contributed by atoms with Gasteiger partial charge in [0.1, 0.15) is 5.82 Å². The Morgan fingerprint density at radius 2 is 2.00 bits per heavy atom. The van der Waals surface area contributed by atoms with E-state index in [1.165, 1.54) is 6.42 Å². The van der Waals surface area contributed by atoms with Crippen LogP contribution in [0.3, 0.4) is 0 Å². The van der Waals surface area contributed by atoms with Crippen LogP contribution in [0, 0.1) is 17.8 Å². The molecule has 2 heterocycles. The summed E-state index contributed by atoms with van der Waals surface area (Å²) in [6.07, 6.45) is 3.65. The first-order chi connectivity index (χ1) is 14.1. The van der Waals surface area contributed by atoms with E-state index in [0.29, 0.717) is 31.2 Å². The highest BCUT2D eigenvalue weighted by atomic mass is 16.5. The zero-order valence-corrected chi connectivity index (χ0v) is 18.8. The minimum atomic E-state index is -0.206. The van der Waals surface area contributed by atoms with Crippen LogP contribution < -0.4 is 0 Å². The van der Waals surface area contributed by atoms with Crippen molar-refractivity contribution >= 4 is 22.9 Å². The highest BCUT2D eigenvalue weighted by molar-refractivity contribution is 5.98. The molecule has 2 fully saturated rings. The number of imidazole rings is 1. The third kappa shape index (κ3) is 3.84. The Labute approximate surface area is 178 Å². The van der Waals surface area contributed by atoms with Crippen molar-refractivity contribution in [3.63, 3.8) is 0 Å². The minimum Gasteiger partial charge on any atom is -0.466 e. The zero-order valence-electron chi connectivity index (χ0n) is 18.8. The number of fused-ring (bicyclic) bond motifs is 3. The zero-order chi connectivity index (χ0) is 21.7. The summed E-state index contributed by atoms with van der Waals surface area (Å²) in [5, 5.41) is 0. The molecule has 4 rings (SSSR count). The predicted molar refractivity (Wildman–Crippen MR) is 116 cm³/mol. The number of rotatable bonds is 5. The maximum atomic E-state index is 13.4. The van der Waals surface area contributed by atoms with E-state index in [-0.39, 0.29) is 22.7 Å². The number of aromatic nitrogens is 2. The van der Waals surface area contributed by atoms with Gasteiger partial charge in [0.25, 0.3) is 5.91 Å². The van der Waals surface area contributed by atoms with Crippen molar-refractivity contribution < 1.29 is 14.3 Å². The van der Waals surface area contributed by atoms with E-state index in [2.05, 4.69) is 30.7 Å². The van der Waals surface area contributed by atoms with Crippen LogP contribution >= 0.6 is 0 Å². The van der Waals surface area contributed by atoms with Crippen LogP contribution in [-0.2, 0) is 16.1 Å². The molecule has 2 bridgehead atoms. The Kier molecular flexibility index (Phi) is 5.15. The first-order valence-electron chi connectivity index (χ1n) is 11.0. The number of aryl methyl sites for hydroxylation is 2. The molecular weight excluding hydrogens is 378 g/mol. The summed E-state index contributed by atoms with van der Waals surface area (Å²) in [6.45, 7) is 12.5. The van der Waals surface area contributed by atoms with E-state index in [9.17, 15) is 9.59 Å². The predicted octanol–water partition coefficient (Wildman–Crippen LogP) is 4.34. The lowest BCUT2D eigenvalue weighted by molar-refractivity contribution is -0.143. The molecule has 0 radical (unpaired) electrons. The second kappa shape index (κ2) is 7.40. The van der Waals surface area contributed by atoms with Crippen molar-refractivity contribution in [3.8, 4) is 0 Å². The Balaban J connectivity index is 1.56. The third-order valence-corrected chi connectivity index (χ3v) is 6.71. The summed E-state index contributed by atoms with van der Waals surface area (Å²) in [4.78, 5) is 31.9. The lowest BCUT2D eigenvalue weighted by Gasteiger charge is -2.39. The second-order valence-electron chi connectivity index (χ2n) is 10.2. The number of ether oxygens (including phenoxy) is 1. The van der Waals surface area contributed by atoms with Crippen LogP contribution in [0.5, 0.6) is 0 Å². The van der Waals surface area contributed by atoms with Crippen LogP contribution in [0.4, 0.5) is 0 Å². The normalized spacial score (nSPS) is 25.0. The Hall–Kier alpha value is -2.37. The molecule has 6 heteroatoms. The van der Waals surface area contributed by atoms with E-state index in [1.54, 1.807) is 0 Å². The van der Waals surface area contributed by atoms with Gasteiger partial charge in [-0.1, -0.05) is 20.8 Å². The van der Waals surface area contributed by atoms with Gasteiger partial charge in [-0.3, -0.25) is 9.59 Å². The Morgan fingerprint density at radius 1 is 1.23 bits per heavy atom. The minimum absolute atomic E-state index is 0.113. The fourth-order valence-corrected chi connectivity index (χ4v) is 5.96. The molecule has 162 valence electrons. The molecule has 0 N–H and O–H groups in total. The number of nitrogens with zero attached hydrogens (tertiary/aromatic N) is 3. The van der Waals surface area contributed by atoms with Crippen molar-refractivity contribution in [2.45, 2.75) is 72.9 Å². The summed E-state index contributed by atoms with van der Waals surface area (Å²) in [7, 11) is 0. The second-order valence-corrected chi connectivity index (χ2v) is 10.2. The molecule has 2 atom stereocenters. The highest BCUT2D eigenvalue weighted by Gasteiger charge is 2.51. The van der Waals surface area contributed by atoms with Crippen LogP contribution in [0.25, 0.3) is 11.0 Å². The van der Waals surface area contributed by atoms with Gasteiger partial charge in [0.05, 0.1) is 24.1 Å². The van der Waals surface area contributed by atoms with Crippen molar-refractivity contribution in [2.24, 2.45) is 10.8 Å². The number of hydrogen-bond donors (Lipinski definition) is 0. The lowest BCUT2D eigenvalue weighted by Crippen LogP contribution is -2.37. The summed E-state index contributed by atoms with van der Waals surface area (Å²) >= 11 is 0. The molecule has 2 unspecified atom stereocenters. The van der Waals surface area contributed by atoms with E-state index >= 15 is 0 Å². The molecule has 0 spiro atoms. The van der Waals surface area contributed by atoms with Crippen molar-refractivity contribution in [1.29, 1.82) is 0 Å². The van der Waals surface area contributed by atoms with Crippen LogP contribution in [0.15, 0.2) is 18.2 Å². The number of amides is 1. The third-order valence-electron chi connectivity index (χ3n) is 6.71. The number of likely N-dealkylation sites (tertiary alicyclic amines) is 1. The Bertz CT molecular complexity index is 993. The quantitative estimate of drug-likeness (QED) is 0.687. The van der Waals surface area contributed by atoms with E-state index in [1.807, 2.05) is 36.6 Å². The molecule has 1 aliphatic carbocycles. The van der Waals surface area contributed by atoms with Gasteiger partial charge in [-0.2, -0.15) is 0 Å². The number of esters is 1.